The van der Waals surface area contributed by atoms with Crippen LogP contribution in [0.4, 0.5) is 0 Å². The fourth-order valence-corrected chi connectivity index (χ4v) is 3.42. The molecule has 0 radical (unpaired) electrons. The van der Waals surface area contributed by atoms with E-state index in [0.717, 1.165) is 16.5 Å². The zero-order chi connectivity index (χ0) is 21.8. The number of benzene rings is 2. The first-order chi connectivity index (χ1) is 14.3. The van der Waals surface area contributed by atoms with Crippen LogP contribution in [0.2, 0.25) is 5.02 Å². The smallest absolute Gasteiger partial charge is 0.279 e. The number of hydrogen-bond acceptors (Lipinski definition) is 5. The third-order valence-corrected chi connectivity index (χ3v) is 4.85. The van der Waals surface area contributed by atoms with Crippen molar-refractivity contribution < 1.29 is 23.5 Å². The molecule has 3 aromatic rings. The molecule has 0 saturated carbocycles. The van der Waals surface area contributed by atoms with Crippen LogP contribution in [0, 0.1) is 13.8 Å². The first-order valence-corrected chi connectivity index (χ1v) is 9.72. The second-order valence-electron chi connectivity index (χ2n) is 6.97. The van der Waals surface area contributed by atoms with E-state index in [4.69, 9.17) is 25.5 Å². The molecule has 0 bridgehead atoms. The molecule has 158 valence electrons. The average molecular weight is 431 g/mol. The normalized spacial score (nSPS) is 11.8. The summed E-state index contributed by atoms with van der Waals surface area (Å²) in [6, 6.07) is 8.90. The van der Waals surface area contributed by atoms with E-state index in [1.807, 2.05) is 19.9 Å². The van der Waals surface area contributed by atoms with Gasteiger partial charge in [0, 0.05) is 22.0 Å². The fourth-order valence-electron chi connectivity index (χ4n) is 3.09. The number of methoxy groups -OCH3 is 1. The van der Waals surface area contributed by atoms with Crippen molar-refractivity contribution in [3.8, 4) is 11.5 Å². The molecule has 0 fully saturated rings. The van der Waals surface area contributed by atoms with Crippen LogP contribution < -0.4 is 20.3 Å². The third-order valence-electron chi connectivity index (χ3n) is 4.63. The van der Waals surface area contributed by atoms with E-state index in [1.54, 1.807) is 38.3 Å². The number of fused-ring (bicyclic) bond motifs is 1. The molecule has 1 aromatic heterocycles. The van der Waals surface area contributed by atoms with Gasteiger partial charge in [-0.1, -0.05) is 11.6 Å². The van der Waals surface area contributed by atoms with Crippen molar-refractivity contribution in [2.45, 2.75) is 33.3 Å². The number of furan rings is 1. The number of hydrazine groups is 1. The van der Waals surface area contributed by atoms with E-state index in [0.29, 0.717) is 27.7 Å². The Hall–Kier alpha value is -3.19. The molecule has 0 aliphatic heterocycles. The molecule has 2 N–H and O–H groups in total. The molecule has 2 aromatic carbocycles. The maximum absolute atomic E-state index is 12.3. The molecule has 3 rings (SSSR count). The summed E-state index contributed by atoms with van der Waals surface area (Å²) in [5.74, 6) is 0.403. The van der Waals surface area contributed by atoms with Crippen LogP contribution in [0.1, 0.15) is 23.6 Å². The third kappa shape index (κ3) is 4.86. The summed E-state index contributed by atoms with van der Waals surface area (Å²) in [7, 11) is 1.57. The number of aryl methyl sites for hydroxylation is 2. The number of amides is 2. The summed E-state index contributed by atoms with van der Waals surface area (Å²) in [5, 5.41) is 1.41. The molecule has 7 nitrogen and oxygen atoms in total. The summed E-state index contributed by atoms with van der Waals surface area (Å²) in [4.78, 5) is 24.6. The molecule has 8 heteroatoms. The minimum absolute atomic E-state index is 0.0459. The van der Waals surface area contributed by atoms with E-state index in [9.17, 15) is 9.59 Å². The van der Waals surface area contributed by atoms with Gasteiger partial charge in [0.05, 0.1) is 19.8 Å². The Labute approximate surface area is 179 Å². The van der Waals surface area contributed by atoms with Gasteiger partial charge in [0.2, 0.25) is 5.91 Å². The Balaban J connectivity index is 1.56. The predicted molar refractivity (Wildman–Crippen MR) is 114 cm³/mol. The second-order valence-corrected chi connectivity index (χ2v) is 7.40. The van der Waals surface area contributed by atoms with E-state index in [-0.39, 0.29) is 12.3 Å². The van der Waals surface area contributed by atoms with Crippen LogP contribution in [0.15, 0.2) is 41.0 Å². The maximum atomic E-state index is 12.3. The van der Waals surface area contributed by atoms with Gasteiger partial charge < -0.3 is 13.9 Å². The Morgan fingerprint density at radius 1 is 1.13 bits per heavy atom. The van der Waals surface area contributed by atoms with Crippen molar-refractivity contribution in [3.05, 3.63) is 58.3 Å². The maximum Gasteiger partial charge on any atom is 0.279 e. The molecule has 2 amide bonds. The Morgan fingerprint density at radius 2 is 1.83 bits per heavy atom. The molecule has 30 heavy (non-hydrogen) atoms. The molecule has 1 unspecified atom stereocenters. The van der Waals surface area contributed by atoms with Crippen LogP contribution in [0.25, 0.3) is 11.0 Å². The fraction of sp³-hybridized carbons (Fsp3) is 0.273. The monoisotopic (exact) mass is 430 g/mol. The number of nitrogens with one attached hydrogen (secondary N) is 2. The quantitative estimate of drug-likeness (QED) is 0.579. The molecular formula is C22H23ClN2O5. The second kappa shape index (κ2) is 9.09. The molecule has 1 heterocycles. The number of carbonyl (C=O) groups is 2. The van der Waals surface area contributed by atoms with Crippen molar-refractivity contribution >= 4 is 34.4 Å². The van der Waals surface area contributed by atoms with Crippen molar-refractivity contribution in [2.75, 3.05) is 7.11 Å². The lowest BCUT2D eigenvalue weighted by molar-refractivity contribution is -0.132. The van der Waals surface area contributed by atoms with Crippen molar-refractivity contribution in [1.29, 1.82) is 0 Å². The SMILES string of the molecule is COc1ccc2c(CC(=O)NNC(=O)C(C)Oc3c(C)cc(Cl)cc3C)coc2c1. The number of ether oxygens (including phenoxy) is 2. The van der Waals surface area contributed by atoms with E-state index < -0.39 is 12.0 Å². The van der Waals surface area contributed by atoms with E-state index >= 15 is 0 Å². The van der Waals surface area contributed by atoms with Gasteiger partial charge in [-0.3, -0.25) is 20.4 Å². The Morgan fingerprint density at radius 3 is 2.50 bits per heavy atom. The molecule has 0 aliphatic rings. The number of rotatable bonds is 6. The van der Waals surface area contributed by atoms with Crippen molar-refractivity contribution in [2.24, 2.45) is 0 Å². The molecule has 0 saturated heterocycles. The van der Waals surface area contributed by atoms with E-state index in [2.05, 4.69) is 10.9 Å². The largest absolute Gasteiger partial charge is 0.497 e. The summed E-state index contributed by atoms with van der Waals surface area (Å²) in [5.41, 5.74) is 7.78. The van der Waals surface area contributed by atoms with Gasteiger partial charge >= 0.3 is 0 Å². The Kier molecular flexibility index (Phi) is 6.52. The van der Waals surface area contributed by atoms with Crippen LogP contribution in [0.3, 0.4) is 0 Å². The van der Waals surface area contributed by atoms with Gasteiger partial charge in [-0.2, -0.15) is 0 Å². The first-order valence-electron chi connectivity index (χ1n) is 9.34. The average Bonchev–Trinajstić information content (AvgIpc) is 3.10. The first kappa shape index (κ1) is 21.5. The van der Waals surface area contributed by atoms with Crippen LogP contribution >= 0.6 is 11.6 Å². The standard InChI is InChI=1S/C22H23ClN2O5/c1-12-7-16(23)8-13(2)21(12)30-14(3)22(27)25-24-20(26)9-15-11-29-19-10-17(28-4)5-6-18(15)19/h5-8,10-11,14H,9H2,1-4H3,(H,24,26)(H,25,27). The Bertz CT molecular complexity index is 1070. The molecular weight excluding hydrogens is 408 g/mol. The van der Waals surface area contributed by atoms with Gasteiger partial charge in [-0.25, -0.2) is 0 Å². The molecule has 0 aliphatic carbocycles. The van der Waals surface area contributed by atoms with Crippen LogP contribution in [-0.4, -0.2) is 25.0 Å². The van der Waals surface area contributed by atoms with Gasteiger partial charge in [0.15, 0.2) is 6.10 Å². The number of halogens is 1. The number of carbonyl (C=O) groups excluding carboxylic acids is 2. The van der Waals surface area contributed by atoms with Gasteiger partial charge in [-0.15, -0.1) is 0 Å². The number of hydrogen-bond donors (Lipinski definition) is 2. The summed E-state index contributed by atoms with van der Waals surface area (Å²) >= 11 is 6.02. The van der Waals surface area contributed by atoms with Gasteiger partial charge in [-0.05, 0) is 56.2 Å². The highest BCUT2D eigenvalue weighted by molar-refractivity contribution is 6.30. The zero-order valence-electron chi connectivity index (χ0n) is 17.2. The lowest BCUT2D eigenvalue weighted by atomic mass is 10.1. The van der Waals surface area contributed by atoms with Gasteiger partial charge in [0.25, 0.3) is 5.91 Å². The minimum Gasteiger partial charge on any atom is -0.497 e. The van der Waals surface area contributed by atoms with Gasteiger partial charge in [0.1, 0.15) is 17.1 Å². The van der Waals surface area contributed by atoms with Crippen molar-refractivity contribution in [1.82, 2.24) is 10.9 Å². The molecule has 1 atom stereocenters. The van der Waals surface area contributed by atoms with Crippen LogP contribution in [0.5, 0.6) is 11.5 Å². The highest BCUT2D eigenvalue weighted by Gasteiger charge is 2.18. The highest BCUT2D eigenvalue weighted by atomic mass is 35.5. The lowest BCUT2D eigenvalue weighted by Gasteiger charge is -2.18. The summed E-state index contributed by atoms with van der Waals surface area (Å²) in [6.07, 6.45) is 0.749. The van der Waals surface area contributed by atoms with Crippen molar-refractivity contribution in [3.63, 3.8) is 0 Å². The topological polar surface area (TPSA) is 89.8 Å². The minimum atomic E-state index is -0.814. The summed E-state index contributed by atoms with van der Waals surface area (Å²) in [6.45, 7) is 5.31. The lowest BCUT2D eigenvalue weighted by Crippen LogP contribution is -2.47. The zero-order valence-corrected chi connectivity index (χ0v) is 17.9. The summed E-state index contributed by atoms with van der Waals surface area (Å²) < 4.78 is 16.4. The highest BCUT2D eigenvalue weighted by Crippen LogP contribution is 2.28. The van der Waals surface area contributed by atoms with Crippen LogP contribution in [-0.2, 0) is 16.0 Å². The predicted octanol–water partition coefficient (Wildman–Crippen LogP) is 3.87. The molecule has 0 spiro atoms. The van der Waals surface area contributed by atoms with E-state index in [1.165, 1.54) is 6.26 Å².